The zero-order chi connectivity index (χ0) is 19.2. The van der Waals surface area contributed by atoms with Crippen molar-refractivity contribution in [1.82, 2.24) is 15.1 Å². The number of hydrogen-bond acceptors (Lipinski definition) is 3. The molecule has 1 heterocycles. The molecule has 0 aliphatic carbocycles. The van der Waals surface area contributed by atoms with E-state index in [9.17, 15) is 9.59 Å². The quantitative estimate of drug-likeness (QED) is 0.849. The third-order valence-corrected chi connectivity index (χ3v) is 4.64. The second-order valence-electron chi connectivity index (χ2n) is 8.15. The Morgan fingerprint density at radius 3 is 2.23 bits per heavy atom. The first kappa shape index (κ1) is 20.4. The third-order valence-electron chi connectivity index (χ3n) is 4.64. The van der Waals surface area contributed by atoms with Gasteiger partial charge in [0.2, 0.25) is 11.8 Å². The molecule has 1 atom stereocenters. The summed E-state index contributed by atoms with van der Waals surface area (Å²) in [5.74, 6) is 0.208. The Morgan fingerprint density at radius 1 is 1.08 bits per heavy atom. The molecule has 5 heteroatoms. The Kier molecular flexibility index (Phi) is 7.21. The van der Waals surface area contributed by atoms with Crippen LogP contribution in [-0.2, 0) is 9.59 Å². The van der Waals surface area contributed by atoms with Gasteiger partial charge in [-0.05, 0) is 32.8 Å². The van der Waals surface area contributed by atoms with Crippen molar-refractivity contribution in [3.63, 3.8) is 0 Å². The van der Waals surface area contributed by atoms with Crippen LogP contribution in [0.4, 0.5) is 0 Å². The minimum Gasteiger partial charge on any atom is -0.350 e. The summed E-state index contributed by atoms with van der Waals surface area (Å²) in [6.07, 6.45) is 1.86. The van der Waals surface area contributed by atoms with Crippen LogP contribution >= 0.6 is 0 Å². The van der Waals surface area contributed by atoms with E-state index in [1.54, 1.807) is 0 Å². The van der Waals surface area contributed by atoms with Crippen molar-refractivity contribution < 1.29 is 9.59 Å². The molecule has 0 aromatic heterocycles. The van der Waals surface area contributed by atoms with Crippen LogP contribution in [0.2, 0.25) is 0 Å². The van der Waals surface area contributed by atoms with Crippen LogP contribution in [0, 0.1) is 0 Å². The maximum absolute atomic E-state index is 13.0. The molecule has 0 saturated carbocycles. The van der Waals surface area contributed by atoms with Gasteiger partial charge in [0.15, 0.2) is 0 Å². The van der Waals surface area contributed by atoms with Gasteiger partial charge in [-0.25, -0.2) is 0 Å². The van der Waals surface area contributed by atoms with Gasteiger partial charge in [-0.15, -0.1) is 0 Å². The molecule has 1 fully saturated rings. The topological polar surface area (TPSA) is 52.7 Å². The first-order chi connectivity index (χ1) is 12.3. The maximum atomic E-state index is 13.0. The predicted octanol–water partition coefficient (Wildman–Crippen LogP) is 2.63. The Hall–Kier alpha value is -1.88. The average molecular weight is 360 g/mol. The molecule has 1 N–H and O–H groups in total. The molecule has 1 saturated heterocycles. The lowest BCUT2D eigenvalue weighted by Gasteiger charge is -2.36. The van der Waals surface area contributed by atoms with Gasteiger partial charge < -0.3 is 10.2 Å². The van der Waals surface area contributed by atoms with Gasteiger partial charge in [0.1, 0.15) is 0 Å². The van der Waals surface area contributed by atoms with Crippen LogP contribution in [0.25, 0.3) is 0 Å². The Balaban J connectivity index is 1.89. The van der Waals surface area contributed by atoms with Crippen LogP contribution in [0.1, 0.15) is 52.0 Å². The molecule has 1 unspecified atom stereocenters. The lowest BCUT2D eigenvalue weighted by molar-refractivity contribution is -0.135. The van der Waals surface area contributed by atoms with Crippen molar-refractivity contribution in [1.29, 1.82) is 0 Å². The summed E-state index contributed by atoms with van der Waals surface area (Å²) in [6.45, 7) is 11.3. The summed E-state index contributed by atoms with van der Waals surface area (Å²) in [5.41, 5.74) is 0.893. The maximum Gasteiger partial charge on any atom is 0.234 e. The third kappa shape index (κ3) is 6.13. The highest BCUT2D eigenvalue weighted by atomic mass is 16.2. The number of hydrogen-bond donors (Lipinski definition) is 1. The van der Waals surface area contributed by atoms with E-state index in [0.717, 1.165) is 31.5 Å². The van der Waals surface area contributed by atoms with Gasteiger partial charge in [0.05, 0.1) is 12.5 Å². The normalized spacial score (nSPS) is 17.0. The summed E-state index contributed by atoms with van der Waals surface area (Å²) in [4.78, 5) is 29.2. The summed E-state index contributed by atoms with van der Waals surface area (Å²) in [5, 5.41) is 3.00. The lowest BCUT2D eigenvalue weighted by Crippen LogP contribution is -2.53. The van der Waals surface area contributed by atoms with Crippen molar-refractivity contribution in [2.45, 2.75) is 52.0 Å². The molecule has 0 bridgehead atoms. The van der Waals surface area contributed by atoms with Crippen LogP contribution in [0.15, 0.2) is 30.3 Å². The number of carbonyl (C=O) groups is 2. The highest BCUT2D eigenvalue weighted by Crippen LogP contribution is 2.24. The van der Waals surface area contributed by atoms with E-state index in [-0.39, 0.29) is 23.3 Å². The van der Waals surface area contributed by atoms with Crippen LogP contribution in [0.3, 0.4) is 0 Å². The Bertz CT molecular complexity index is 587. The second-order valence-corrected chi connectivity index (χ2v) is 8.15. The molecular weight excluding hydrogens is 326 g/mol. The smallest absolute Gasteiger partial charge is 0.234 e. The SMILES string of the molecule is CCCC(C(=O)N1CCN(CC(=O)NC(C)(C)C)CC1)c1ccccc1. The fourth-order valence-electron chi connectivity index (χ4n) is 3.41. The largest absolute Gasteiger partial charge is 0.350 e. The number of nitrogens with one attached hydrogen (secondary N) is 1. The van der Waals surface area contributed by atoms with Crippen molar-refractivity contribution in [2.24, 2.45) is 0 Å². The van der Waals surface area contributed by atoms with Gasteiger partial charge in [-0.2, -0.15) is 0 Å². The van der Waals surface area contributed by atoms with Crippen molar-refractivity contribution in [3.05, 3.63) is 35.9 Å². The summed E-state index contributed by atoms with van der Waals surface area (Å²) >= 11 is 0. The van der Waals surface area contributed by atoms with Gasteiger partial charge in [0.25, 0.3) is 0 Å². The van der Waals surface area contributed by atoms with Gasteiger partial charge in [-0.3, -0.25) is 14.5 Å². The second kappa shape index (κ2) is 9.17. The van der Waals surface area contributed by atoms with E-state index < -0.39 is 0 Å². The van der Waals surface area contributed by atoms with Gasteiger partial charge >= 0.3 is 0 Å². The number of benzene rings is 1. The summed E-state index contributed by atoms with van der Waals surface area (Å²) in [7, 11) is 0. The monoisotopic (exact) mass is 359 g/mol. The van der Waals surface area contributed by atoms with Crippen LogP contribution in [-0.4, -0.2) is 59.9 Å². The molecule has 26 heavy (non-hydrogen) atoms. The molecule has 1 aromatic rings. The van der Waals surface area contributed by atoms with E-state index in [1.807, 2.05) is 56.0 Å². The van der Waals surface area contributed by atoms with E-state index in [0.29, 0.717) is 19.6 Å². The van der Waals surface area contributed by atoms with Crippen molar-refractivity contribution in [2.75, 3.05) is 32.7 Å². The first-order valence-electron chi connectivity index (χ1n) is 9.67. The van der Waals surface area contributed by atoms with Crippen molar-refractivity contribution >= 4 is 11.8 Å². The van der Waals surface area contributed by atoms with E-state index >= 15 is 0 Å². The fraction of sp³-hybridized carbons (Fsp3) is 0.619. The van der Waals surface area contributed by atoms with Crippen molar-refractivity contribution in [3.8, 4) is 0 Å². The minimum atomic E-state index is -0.210. The predicted molar refractivity (Wildman–Crippen MR) is 105 cm³/mol. The number of rotatable bonds is 6. The van der Waals surface area contributed by atoms with E-state index in [2.05, 4.69) is 17.1 Å². The highest BCUT2D eigenvalue weighted by molar-refractivity contribution is 5.84. The van der Waals surface area contributed by atoms with E-state index in [1.165, 1.54) is 0 Å². The number of piperazine rings is 1. The molecule has 144 valence electrons. The molecule has 2 rings (SSSR count). The Morgan fingerprint density at radius 2 is 1.69 bits per heavy atom. The number of amides is 2. The van der Waals surface area contributed by atoms with Gasteiger partial charge in [-0.1, -0.05) is 43.7 Å². The number of carbonyl (C=O) groups excluding carboxylic acids is 2. The molecular formula is C21H33N3O2. The summed E-state index contributed by atoms with van der Waals surface area (Å²) < 4.78 is 0. The van der Waals surface area contributed by atoms with Crippen LogP contribution in [0.5, 0.6) is 0 Å². The lowest BCUT2D eigenvalue weighted by atomic mass is 9.93. The van der Waals surface area contributed by atoms with E-state index in [4.69, 9.17) is 0 Å². The molecule has 1 aromatic carbocycles. The van der Waals surface area contributed by atoms with Crippen LogP contribution < -0.4 is 5.32 Å². The Labute approximate surface area is 157 Å². The standard InChI is InChI=1S/C21H33N3O2/c1-5-9-18(17-10-7-6-8-11-17)20(26)24-14-12-23(13-15-24)16-19(25)22-21(2,3)4/h6-8,10-11,18H,5,9,12-16H2,1-4H3,(H,22,25). The average Bonchev–Trinajstić information content (AvgIpc) is 2.59. The first-order valence-corrected chi connectivity index (χ1v) is 9.67. The molecule has 5 nitrogen and oxygen atoms in total. The molecule has 2 amide bonds. The highest BCUT2D eigenvalue weighted by Gasteiger charge is 2.28. The molecule has 0 radical (unpaired) electrons. The molecule has 1 aliphatic rings. The number of nitrogens with zero attached hydrogens (tertiary/aromatic N) is 2. The molecule has 0 spiro atoms. The summed E-state index contributed by atoms with van der Waals surface area (Å²) in [6, 6.07) is 10.1. The fourth-order valence-corrected chi connectivity index (χ4v) is 3.41. The zero-order valence-electron chi connectivity index (χ0n) is 16.6. The van der Waals surface area contributed by atoms with Gasteiger partial charge in [0, 0.05) is 31.7 Å². The zero-order valence-corrected chi connectivity index (χ0v) is 16.6. The molecule has 1 aliphatic heterocycles. The minimum absolute atomic E-state index is 0.0467.